The molecule has 4 rings (SSSR count). The van der Waals surface area contributed by atoms with Gasteiger partial charge in [-0.2, -0.15) is 0 Å². The van der Waals surface area contributed by atoms with E-state index in [0.29, 0.717) is 23.2 Å². The Labute approximate surface area is 181 Å². The largest absolute Gasteiger partial charge is 0.477 e. The van der Waals surface area contributed by atoms with Gasteiger partial charge in [-0.3, -0.25) is 9.79 Å². The molecule has 30 heavy (non-hydrogen) atoms. The number of rotatable bonds is 6. The molecule has 0 aromatic heterocycles. The highest BCUT2D eigenvalue weighted by Crippen LogP contribution is 2.53. The summed E-state index contributed by atoms with van der Waals surface area (Å²) in [4.78, 5) is 33.6. The Morgan fingerprint density at radius 3 is 2.47 bits per heavy atom. The Morgan fingerprint density at radius 1 is 1.30 bits per heavy atom. The maximum absolute atomic E-state index is 12.4. The number of carboxylic acids is 1. The predicted molar refractivity (Wildman–Crippen MR) is 116 cm³/mol. The highest BCUT2D eigenvalue weighted by molar-refractivity contribution is 8.03. The number of nitrogens with zero attached hydrogens (tertiary/aromatic N) is 3. The van der Waals surface area contributed by atoms with Crippen molar-refractivity contribution < 1.29 is 19.8 Å². The second-order valence-corrected chi connectivity index (χ2v) is 10.5. The molecule has 0 radical (unpaired) electrons. The highest BCUT2D eigenvalue weighted by atomic mass is 32.2. The van der Waals surface area contributed by atoms with Crippen molar-refractivity contribution in [1.29, 1.82) is 0 Å². The van der Waals surface area contributed by atoms with Crippen molar-refractivity contribution in [2.75, 3.05) is 13.1 Å². The Morgan fingerprint density at radius 2 is 1.93 bits per heavy atom. The molecule has 3 fully saturated rings. The molecule has 3 aliphatic heterocycles. The van der Waals surface area contributed by atoms with E-state index in [1.54, 1.807) is 18.7 Å². The molecule has 4 N–H and O–H groups in total. The van der Waals surface area contributed by atoms with Crippen LogP contribution in [-0.4, -0.2) is 80.3 Å². The number of amidine groups is 1. The van der Waals surface area contributed by atoms with Crippen LogP contribution >= 0.6 is 11.8 Å². The Hall–Kier alpha value is -1.58. The van der Waals surface area contributed by atoms with E-state index in [2.05, 4.69) is 9.89 Å². The number of hydrogen-bond donors (Lipinski definition) is 3. The first-order valence-electron chi connectivity index (χ1n) is 10.9. The maximum Gasteiger partial charge on any atom is 0.353 e. The van der Waals surface area contributed by atoms with E-state index in [0.717, 1.165) is 43.7 Å². The summed E-state index contributed by atoms with van der Waals surface area (Å²) in [5.41, 5.74) is 5.84. The molecule has 3 heterocycles. The van der Waals surface area contributed by atoms with Crippen LogP contribution in [0.1, 0.15) is 46.5 Å². The Kier molecular flexibility index (Phi) is 5.89. The predicted octanol–water partition coefficient (Wildman–Crippen LogP) is 1.25. The molecule has 0 unspecified atom stereocenters. The molecule has 9 heteroatoms. The first kappa shape index (κ1) is 21.6. The lowest BCUT2D eigenvalue weighted by Crippen LogP contribution is -2.63. The number of piperidine rings is 1. The summed E-state index contributed by atoms with van der Waals surface area (Å²) in [5, 5.41) is 20.1. The number of aliphatic carboxylic acids is 1. The van der Waals surface area contributed by atoms with Crippen LogP contribution in [0.4, 0.5) is 0 Å². The van der Waals surface area contributed by atoms with E-state index >= 15 is 0 Å². The van der Waals surface area contributed by atoms with Gasteiger partial charge < -0.3 is 25.7 Å². The second-order valence-electron chi connectivity index (χ2n) is 9.17. The standard InChI is InChI=1S/C21H32N4O4S/c1-10-17-16(11(2)26)20(27)25(17)18(21(28)29)19(10)30-15-8-14(9-15)24-6-4-13(5-7-24)23-12(3)22/h10-11,13-17,26H,4-9H2,1-3H3,(H2,22,23)(H,28,29)/t10-,11-,14?,15?,16-,17-/m1/s1. The third kappa shape index (κ3) is 3.65. The average molecular weight is 437 g/mol. The molecule has 0 bridgehead atoms. The summed E-state index contributed by atoms with van der Waals surface area (Å²) in [6, 6.07) is 0.650. The number of thioether (sulfide) groups is 1. The van der Waals surface area contributed by atoms with E-state index in [-0.39, 0.29) is 23.6 Å². The van der Waals surface area contributed by atoms with Gasteiger partial charge in [-0.15, -0.1) is 11.8 Å². The quantitative estimate of drug-likeness (QED) is 0.326. The van der Waals surface area contributed by atoms with Gasteiger partial charge in [0.1, 0.15) is 5.70 Å². The number of aliphatic imine (C=N–C) groups is 1. The zero-order valence-corrected chi connectivity index (χ0v) is 18.6. The van der Waals surface area contributed by atoms with Gasteiger partial charge in [0.25, 0.3) is 0 Å². The van der Waals surface area contributed by atoms with Crippen molar-refractivity contribution >= 4 is 29.5 Å². The molecular formula is C21H32N4O4S. The fraction of sp³-hybridized carbons (Fsp3) is 0.762. The number of hydrogen-bond acceptors (Lipinski definition) is 6. The molecule has 0 aromatic rings. The zero-order valence-electron chi connectivity index (χ0n) is 17.8. The van der Waals surface area contributed by atoms with Crippen LogP contribution in [0.25, 0.3) is 0 Å². The summed E-state index contributed by atoms with van der Waals surface area (Å²) in [7, 11) is 0. The molecule has 4 aliphatic rings. The van der Waals surface area contributed by atoms with Crippen LogP contribution in [0.5, 0.6) is 0 Å². The lowest BCUT2D eigenvalue weighted by atomic mass is 9.79. The van der Waals surface area contributed by atoms with Gasteiger partial charge >= 0.3 is 5.97 Å². The Balaban J connectivity index is 1.35. The number of nitrogens with two attached hydrogens (primary N) is 1. The number of likely N-dealkylation sites (tertiary alicyclic amines) is 1. The SMILES string of the molecule is CC(N)=NC1CCN(C2CC(SC3=C(C(=O)O)N4C(=O)[C@H]([C@@H](C)O)[C@H]4[C@H]3C)C2)CC1. The summed E-state index contributed by atoms with van der Waals surface area (Å²) < 4.78 is 0. The summed E-state index contributed by atoms with van der Waals surface area (Å²) in [6.07, 6.45) is 3.39. The summed E-state index contributed by atoms with van der Waals surface area (Å²) in [5.74, 6) is -1.20. The molecular weight excluding hydrogens is 404 g/mol. The maximum atomic E-state index is 12.4. The van der Waals surface area contributed by atoms with Gasteiger partial charge in [-0.25, -0.2) is 4.79 Å². The van der Waals surface area contributed by atoms with E-state index in [4.69, 9.17) is 5.73 Å². The van der Waals surface area contributed by atoms with Crippen molar-refractivity contribution in [3.05, 3.63) is 10.6 Å². The van der Waals surface area contributed by atoms with Gasteiger partial charge in [0.15, 0.2) is 0 Å². The molecule has 1 saturated carbocycles. The molecule has 1 amide bonds. The number of carbonyl (C=O) groups excluding carboxylic acids is 1. The lowest BCUT2D eigenvalue weighted by Gasteiger charge is -2.46. The van der Waals surface area contributed by atoms with E-state index in [1.807, 2.05) is 13.8 Å². The van der Waals surface area contributed by atoms with Crippen LogP contribution in [0.15, 0.2) is 15.6 Å². The normalized spacial score (nSPS) is 36.4. The van der Waals surface area contributed by atoms with Gasteiger partial charge in [-0.05, 0) is 39.5 Å². The molecule has 8 nitrogen and oxygen atoms in total. The number of aliphatic hydroxyl groups is 1. The third-order valence-electron chi connectivity index (χ3n) is 7.08. The van der Waals surface area contributed by atoms with Crippen molar-refractivity contribution in [1.82, 2.24) is 9.80 Å². The minimum atomic E-state index is -1.04. The van der Waals surface area contributed by atoms with Gasteiger partial charge in [0.05, 0.1) is 29.9 Å². The van der Waals surface area contributed by atoms with Crippen LogP contribution in [0.3, 0.4) is 0 Å². The second kappa shape index (κ2) is 8.16. The van der Waals surface area contributed by atoms with E-state index in [9.17, 15) is 19.8 Å². The number of amides is 1. The van der Waals surface area contributed by atoms with Crippen molar-refractivity contribution in [2.24, 2.45) is 22.6 Å². The summed E-state index contributed by atoms with van der Waals surface area (Å²) >= 11 is 1.64. The lowest BCUT2D eigenvalue weighted by molar-refractivity contribution is -0.163. The van der Waals surface area contributed by atoms with Crippen LogP contribution in [0, 0.1) is 11.8 Å². The van der Waals surface area contributed by atoms with Gasteiger partial charge in [-0.1, -0.05) is 6.92 Å². The van der Waals surface area contributed by atoms with E-state index < -0.39 is 18.0 Å². The molecule has 1 aliphatic carbocycles. The minimum absolute atomic E-state index is 0.0504. The average Bonchev–Trinajstić information content (AvgIpc) is 2.87. The highest BCUT2D eigenvalue weighted by Gasteiger charge is 2.60. The van der Waals surface area contributed by atoms with E-state index in [1.165, 1.54) is 4.90 Å². The van der Waals surface area contributed by atoms with Crippen LogP contribution < -0.4 is 5.73 Å². The Bertz CT molecular complexity index is 780. The zero-order chi connectivity index (χ0) is 21.7. The minimum Gasteiger partial charge on any atom is -0.477 e. The molecule has 2 saturated heterocycles. The first-order chi connectivity index (χ1) is 14.2. The number of fused-ring (bicyclic) bond motifs is 1. The van der Waals surface area contributed by atoms with Gasteiger partial charge in [0, 0.05) is 35.2 Å². The topological polar surface area (TPSA) is 119 Å². The molecule has 0 spiro atoms. The number of carboxylic acid groups (broad SMARTS) is 1. The fourth-order valence-electron chi connectivity index (χ4n) is 5.46. The number of carbonyl (C=O) groups is 2. The molecule has 166 valence electrons. The van der Waals surface area contributed by atoms with Crippen molar-refractivity contribution in [3.63, 3.8) is 0 Å². The monoisotopic (exact) mass is 436 g/mol. The number of aliphatic hydroxyl groups excluding tert-OH is 1. The van der Waals surface area contributed by atoms with Crippen molar-refractivity contribution in [3.8, 4) is 0 Å². The molecule has 0 aromatic carbocycles. The molecule has 4 atom stereocenters. The third-order valence-corrected chi connectivity index (χ3v) is 8.61. The van der Waals surface area contributed by atoms with Crippen LogP contribution in [0.2, 0.25) is 0 Å². The smallest absolute Gasteiger partial charge is 0.353 e. The van der Waals surface area contributed by atoms with Crippen LogP contribution in [-0.2, 0) is 9.59 Å². The summed E-state index contributed by atoms with van der Waals surface area (Å²) in [6.45, 7) is 7.49. The van der Waals surface area contributed by atoms with Gasteiger partial charge in [0.2, 0.25) is 5.91 Å². The fourth-order valence-corrected chi connectivity index (χ4v) is 7.11. The first-order valence-corrected chi connectivity index (χ1v) is 11.8. The van der Waals surface area contributed by atoms with Crippen molar-refractivity contribution in [2.45, 2.75) is 75.9 Å². The number of β-lactam (4-membered cyclic amide) rings is 1.